The molecule has 1 saturated heterocycles. The van der Waals surface area contributed by atoms with Crippen molar-refractivity contribution in [2.45, 2.75) is 31.8 Å². The van der Waals surface area contributed by atoms with Crippen LogP contribution in [-0.2, 0) is 4.79 Å². The summed E-state index contributed by atoms with van der Waals surface area (Å²) < 4.78 is 11.0. The van der Waals surface area contributed by atoms with Crippen molar-refractivity contribution in [3.8, 4) is 11.5 Å². The maximum atomic E-state index is 12.9. The Morgan fingerprint density at radius 1 is 1.06 bits per heavy atom. The minimum absolute atomic E-state index is 0.0622. The largest absolute Gasteiger partial charge is 0.497 e. The first-order valence-electron chi connectivity index (χ1n) is 10.7. The number of primary amides is 1. The van der Waals surface area contributed by atoms with E-state index in [-0.39, 0.29) is 11.8 Å². The molecular formula is C25H27N3O4. The molecule has 7 heteroatoms. The second-order valence-corrected chi connectivity index (χ2v) is 8.02. The fourth-order valence-electron chi connectivity index (χ4n) is 4.20. The Balaban J connectivity index is 1.44. The molecule has 2 amide bonds. The number of ether oxygens (including phenoxy) is 2. The van der Waals surface area contributed by atoms with Gasteiger partial charge in [0, 0.05) is 30.5 Å². The van der Waals surface area contributed by atoms with Gasteiger partial charge in [-0.2, -0.15) is 0 Å². The number of para-hydroxylation sites is 1. The van der Waals surface area contributed by atoms with Crippen LogP contribution in [0.3, 0.4) is 0 Å². The van der Waals surface area contributed by atoms with E-state index in [0.717, 1.165) is 16.6 Å². The van der Waals surface area contributed by atoms with Crippen molar-refractivity contribution in [2.24, 2.45) is 5.73 Å². The summed E-state index contributed by atoms with van der Waals surface area (Å²) in [4.78, 5) is 31.6. The number of methoxy groups -OCH3 is 1. The smallest absolute Gasteiger partial charge is 0.263 e. The summed E-state index contributed by atoms with van der Waals surface area (Å²) >= 11 is 0. The summed E-state index contributed by atoms with van der Waals surface area (Å²) in [6, 6.07) is 16.7. The van der Waals surface area contributed by atoms with Crippen LogP contribution in [0.15, 0.2) is 54.6 Å². The van der Waals surface area contributed by atoms with Crippen molar-refractivity contribution in [2.75, 3.05) is 20.2 Å². The van der Waals surface area contributed by atoms with E-state index in [9.17, 15) is 9.59 Å². The molecule has 1 atom stereocenters. The van der Waals surface area contributed by atoms with E-state index in [1.807, 2.05) is 47.4 Å². The highest BCUT2D eigenvalue weighted by Gasteiger charge is 2.30. The monoisotopic (exact) mass is 433 g/mol. The third-order valence-electron chi connectivity index (χ3n) is 5.91. The quantitative estimate of drug-likeness (QED) is 0.642. The van der Waals surface area contributed by atoms with E-state index in [0.29, 0.717) is 43.0 Å². The molecule has 0 saturated carbocycles. The zero-order chi connectivity index (χ0) is 22.7. The van der Waals surface area contributed by atoms with Gasteiger partial charge in [0.15, 0.2) is 6.10 Å². The summed E-state index contributed by atoms with van der Waals surface area (Å²) in [5.74, 6) is 0.799. The van der Waals surface area contributed by atoms with Crippen LogP contribution in [0.1, 0.15) is 41.7 Å². The number of amides is 2. The van der Waals surface area contributed by atoms with Crippen LogP contribution in [0.25, 0.3) is 10.9 Å². The van der Waals surface area contributed by atoms with E-state index in [2.05, 4.69) is 0 Å². The van der Waals surface area contributed by atoms with Gasteiger partial charge in [-0.15, -0.1) is 0 Å². The third-order valence-corrected chi connectivity index (χ3v) is 5.91. The zero-order valence-corrected chi connectivity index (χ0v) is 18.3. The summed E-state index contributed by atoms with van der Waals surface area (Å²) in [6.45, 7) is 2.90. The minimum atomic E-state index is -0.612. The second-order valence-electron chi connectivity index (χ2n) is 8.02. The number of likely N-dealkylation sites (tertiary alicyclic amines) is 1. The van der Waals surface area contributed by atoms with Crippen LogP contribution in [0.2, 0.25) is 0 Å². The van der Waals surface area contributed by atoms with Gasteiger partial charge in [-0.05, 0) is 44.0 Å². The van der Waals surface area contributed by atoms with Crippen LogP contribution in [0, 0.1) is 0 Å². The number of pyridine rings is 1. The summed E-state index contributed by atoms with van der Waals surface area (Å²) in [7, 11) is 1.59. The van der Waals surface area contributed by atoms with Gasteiger partial charge in [0.2, 0.25) is 0 Å². The molecule has 0 aliphatic carbocycles. The standard InChI is InChI=1S/C25H27N3O4/c1-16(32-20-8-5-7-19(15-20)31-2)25(30)28-12-10-17(11-13-28)23-21(24(26)29)14-18-6-3-4-9-22(18)27-23/h3-9,14-17H,10-13H2,1-2H3,(H2,26,29). The van der Waals surface area contributed by atoms with Crippen molar-refractivity contribution in [1.29, 1.82) is 0 Å². The Hall–Kier alpha value is -3.61. The van der Waals surface area contributed by atoms with Crippen molar-refractivity contribution in [3.05, 3.63) is 65.9 Å². The first kappa shape index (κ1) is 21.6. The van der Waals surface area contributed by atoms with Gasteiger partial charge in [0.25, 0.3) is 11.8 Å². The molecule has 0 radical (unpaired) electrons. The topological polar surface area (TPSA) is 94.8 Å². The number of rotatable bonds is 6. The molecule has 0 bridgehead atoms. The number of aromatic nitrogens is 1. The van der Waals surface area contributed by atoms with Gasteiger partial charge >= 0.3 is 0 Å². The molecule has 1 aromatic heterocycles. The van der Waals surface area contributed by atoms with Crippen molar-refractivity contribution in [1.82, 2.24) is 9.88 Å². The van der Waals surface area contributed by atoms with Crippen molar-refractivity contribution in [3.63, 3.8) is 0 Å². The lowest BCUT2D eigenvalue weighted by atomic mass is 9.89. The van der Waals surface area contributed by atoms with Gasteiger partial charge in [-0.1, -0.05) is 24.3 Å². The first-order chi connectivity index (χ1) is 15.5. The predicted molar refractivity (Wildman–Crippen MR) is 122 cm³/mol. The molecule has 7 nitrogen and oxygen atoms in total. The highest BCUT2D eigenvalue weighted by atomic mass is 16.5. The number of nitrogens with zero attached hydrogens (tertiary/aromatic N) is 2. The Morgan fingerprint density at radius 2 is 1.78 bits per heavy atom. The SMILES string of the molecule is COc1cccc(OC(C)C(=O)N2CCC(c3nc4ccccc4cc3C(N)=O)CC2)c1. The molecule has 166 valence electrons. The molecule has 2 aromatic carbocycles. The first-order valence-corrected chi connectivity index (χ1v) is 10.7. The highest BCUT2D eigenvalue weighted by molar-refractivity contribution is 5.97. The number of piperidine rings is 1. The van der Waals surface area contributed by atoms with Crippen LogP contribution in [0.5, 0.6) is 11.5 Å². The highest BCUT2D eigenvalue weighted by Crippen LogP contribution is 2.31. The van der Waals surface area contributed by atoms with Gasteiger partial charge in [0.05, 0.1) is 23.9 Å². The van der Waals surface area contributed by atoms with Crippen LogP contribution in [-0.4, -0.2) is 48.0 Å². The minimum Gasteiger partial charge on any atom is -0.497 e. The van der Waals surface area contributed by atoms with Gasteiger partial charge in [-0.3, -0.25) is 14.6 Å². The molecule has 1 aliphatic rings. The molecule has 1 fully saturated rings. The van der Waals surface area contributed by atoms with E-state index < -0.39 is 12.0 Å². The molecule has 0 spiro atoms. The lowest BCUT2D eigenvalue weighted by Crippen LogP contribution is -2.44. The van der Waals surface area contributed by atoms with Crippen LogP contribution < -0.4 is 15.2 Å². The molecule has 1 unspecified atom stereocenters. The van der Waals surface area contributed by atoms with E-state index in [1.165, 1.54) is 0 Å². The van der Waals surface area contributed by atoms with E-state index in [4.69, 9.17) is 20.2 Å². The maximum absolute atomic E-state index is 12.9. The second kappa shape index (κ2) is 9.26. The number of benzene rings is 2. The molecule has 1 aliphatic heterocycles. The Kier molecular flexibility index (Phi) is 6.25. The van der Waals surface area contributed by atoms with Gasteiger partial charge in [-0.25, -0.2) is 0 Å². The van der Waals surface area contributed by atoms with Crippen molar-refractivity contribution < 1.29 is 19.1 Å². The summed E-state index contributed by atoms with van der Waals surface area (Å²) in [6.07, 6.45) is 0.811. The number of carbonyl (C=O) groups is 2. The predicted octanol–water partition coefficient (Wildman–Crippen LogP) is 3.52. The summed E-state index contributed by atoms with van der Waals surface area (Å²) in [5, 5.41) is 0.890. The Bertz CT molecular complexity index is 1140. The molecule has 2 N–H and O–H groups in total. The molecule has 2 heterocycles. The fraction of sp³-hybridized carbons (Fsp3) is 0.320. The van der Waals surface area contributed by atoms with Crippen molar-refractivity contribution >= 4 is 22.7 Å². The normalized spacial score (nSPS) is 15.4. The average Bonchev–Trinajstić information content (AvgIpc) is 2.82. The fourth-order valence-corrected chi connectivity index (χ4v) is 4.20. The van der Waals surface area contributed by atoms with E-state index >= 15 is 0 Å². The molecule has 4 rings (SSSR count). The van der Waals surface area contributed by atoms with Gasteiger partial charge < -0.3 is 20.1 Å². The number of nitrogens with two attached hydrogens (primary N) is 1. The summed E-state index contributed by atoms with van der Waals surface area (Å²) in [5.41, 5.74) is 7.68. The number of hydrogen-bond donors (Lipinski definition) is 1. The Morgan fingerprint density at radius 3 is 2.50 bits per heavy atom. The lowest BCUT2D eigenvalue weighted by Gasteiger charge is -2.33. The van der Waals surface area contributed by atoms with Crippen LogP contribution >= 0.6 is 0 Å². The number of fused-ring (bicyclic) bond motifs is 1. The Labute approximate surface area is 187 Å². The lowest BCUT2D eigenvalue weighted by molar-refractivity contribution is -0.139. The van der Waals surface area contributed by atoms with Crippen LogP contribution in [0.4, 0.5) is 0 Å². The number of carbonyl (C=O) groups excluding carboxylic acids is 2. The number of hydrogen-bond acceptors (Lipinski definition) is 5. The molecular weight excluding hydrogens is 406 g/mol. The van der Waals surface area contributed by atoms with E-state index in [1.54, 1.807) is 26.2 Å². The zero-order valence-electron chi connectivity index (χ0n) is 18.3. The molecule has 3 aromatic rings. The maximum Gasteiger partial charge on any atom is 0.263 e. The average molecular weight is 434 g/mol. The third kappa shape index (κ3) is 4.51. The van der Waals surface area contributed by atoms with Gasteiger partial charge in [0.1, 0.15) is 11.5 Å². The molecule has 32 heavy (non-hydrogen) atoms.